The molecule has 0 aromatic heterocycles. The molecule has 3 atom stereocenters. The first kappa shape index (κ1) is 12.9. The van der Waals surface area contributed by atoms with E-state index in [0.717, 1.165) is 19.3 Å². The van der Waals surface area contributed by atoms with Crippen LogP contribution in [0.1, 0.15) is 19.3 Å². The van der Waals surface area contributed by atoms with E-state index in [1.165, 1.54) is 18.2 Å². The second-order valence-corrected chi connectivity index (χ2v) is 5.31. The Balaban J connectivity index is 1.81. The summed E-state index contributed by atoms with van der Waals surface area (Å²) < 4.78 is 0. The third-order valence-corrected chi connectivity index (χ3v) is 4.10. The van der Waals surface area contributed by atoms with Gasteiger partial charge in [0.05, 0.1) is 10.8 Å². The molecule has 7 nitrogen and oxygen atoms in total. The van der Waals surface area contributed by atoms with Gasteiger partial charge in [0, 0.05) is 18.2 Å². The molecule has 7 heteroatoms. The smallest absolute Gasteiger partial charge is 0.296 e. The first-order valence-electron chi connectivity index (χ1n) is 6.59. The van der Waals surface area contributed by atoms with E-state index in [4.69, 9.17) is 0 Å². The van der Waals surface area contributed by atoms with Crippen molar-refractivity contribution >= 4 is 17.3 Å². The largest absolute Gasteiger partial charge is 0.505 e. The van der Waals surface area contributed by atoms with Gasteiger partial charge in [-0.2, -0.15) is 0 Å². The minimum atomic E-state index is -0.617. The number of phenols is 1. The van der Waals surface area contributed by atoms with E-state index in [-0.39, 0.29) is 35.0 Å². The minimum Gasteiger partial charge on any atom is -0.505 e. The van der Waals surface area contributed by atoms with Crippen LogP contribution in [-0.2, 0) is 4.79 Å². The molecule has 0 radical (unpaired) electrons. The van der Waals surface area contributed by atoms with Crippen molar-refractivity contribution < 1.29 is 14.8 Å². The molecule has 2 aliphatic rings. The fraction of sp³-hybridized carbons (Fsp3) is 0.462. The van der Waals surface area contributed by atoms with Gasteiger partial charge in [-0.3, -0.25) is 14.9 Å². The number of benzene rings is 1. The van der Waals surface area contributed by atoms with Crippen LogP contribution in [0.15, 0.2) is 18.2 Å². The van der Waals surface area contributed by atoms with Crippen molar-refractivity contribution in [3.05, 3.63) is 28.3 Å². The molecule has 1 aromatic carbocycles. The average Bonchev–Trinajstić information content (AvgIpc) is 3.03. The summed E-state index contributed by atoms with van der Waals surface area (Å²) in [7, 11) is 0. The molecular weight excluding hydrogens is 262 g/mol. The molecule has 106 valence electrons. The van der Waals surface area contributed by atoms with Crippen LogP contribution in [0.3, 0.4) is 0 Å². The van der Waals surface area contributed by atoms with Gasteiger partial charge in [0.2, 0.25) is 5.91 Å². The quantitative estimate of drug-likeness (QED) is 0.440. The van der Waals surface area contributed by atoms with Crippen molar-refractivity contribution in [2.24, 2.45) is 5.92 Å². The lowest BCUT2D eigenvalue weighted by Crippen LogP contribution is -2.33. The van der Waals surface area contributed by atoms with E-state index < -0.39 is 4.92 Å². The Morgan fingerprint density at radius 2 is 2.25 bits per heavy atom. The van der Waals surface area contributed by atoms with Crippen LogP contribution in [-0.4, -0.2) is 28.0 Å². The highest BCUT2D eigenvalue weighted by atomic mass is 16.6. The van der Waals surface area contributed by atoms with Crippen LogP contribution in [0.25, 0.3) is 0 Å². The Hall–Kier alpha value is -2.15. The summed E-state index contributed by atoms with van der Waals surface area (Å²) in [6, 6.07) is 4.47. The Bertz CT molecular complexity index is 575. The predicted molar refractivity (Wildman–Crippen MR) is 71.4 cm³/mol. The van der Waals surface area contributed by atoms with E-state index >= 15 is 0 Å². The molecule has 3 N–H and O–H groups in total. The number of rotatable bonds is 3. The molecular formula is C13H15N3O4. The van der Waals surface area contributed by atoms with Crippen molar-refractivity contribution in [3.8, 4) is 5.75 Å². The maximum atomic E-state index is 12.2. The van der Waals surface area contributed by atoms with Gasteiger partial charge in [-0.25, -0.2) is 0 Å². The predicted octanol–water partition coefficient (Wildman–Crippen LogP) is 1.38. The standard InChI is InChI=1S/C13H15N3O4/c17-11-3-1-2-10(16(19)20)12(11)15-13(18)8-6-7-4-5-9(8)14-7/h1-3,7-9,14,17H,4-6H2,(H,15,18). The SMILES string of the molecule is O=C(Nc1c(O)cccc1[N+](=O)[O-])C1CC2CCC1N2. The number of fused-ring (bicyclic) bond motifs is 2. The van der Waals surface area contributed by atoms with Gasteiger partial charge in [-0.1, -0.05) is 6.07 Å². The van der Waals surface area contributed by atoms with E-state index in [2.05, 4.69) is 10.6 Å². The molecule has 0 spiro atoms. The molecule has 1 amide bonds. The fourth-order valence-electron chi connectivity index (χ4n) is 3.14. The number of phenolic OH excluding ortho intramolecular Hbond substituents is 1. The zero-order valence-corrected chi connectivity index (χ0v) is 10.7. The van der Waals surface area contributed by atoms with Crippen LogP contribution >= 0.6 is 0 Å². The number of nitro benzene ring substituents is 1. The maximum absolute atomic E-state index is 12.2. The number of hydrogen-bond donors (Lipinski definition) is 3. The number of nitrogens with one attached hydrogen (secondary N) is 2. The summed E-state index contributed by atoms with van der Waals surface area (Å²) in [5.74, 6) is -0.745. The van der Waals surface area contributed by atoms with Crippen LogP contribution in [0.5, 0.6) is 5.75 Å². The molecule has 2 heterocycles. The Labute approximate surface area is 115 Å². The van der Waals surface area contributed by atoms with Crippen LogP contribution in [0, 0.1) is 16.0 Å². The monoisotopic (exact) mass is 277 g/mol. The molecule has 20 heavy (non-hydrogen) atoms. The Kier molecular flexibility index (Phi) is 3.06. The molecule has 0 saturated carbocycles. The van der Waals surface area contributed by atoms with Crippen molar-refractivity contribution in [1.82, 2.24) is 5.32 Å². The summed E-state index contributed by atoms with van der Waals surface area (Å²) in [5.41, 5.74) is -0.417. The molecule has 2 fully saturated rings. The van der Waals surface area contributed by atoms with Crippen LogP contribution < -0.4 is 10.6 Å². The number of amides is 1. The first-order valence-corrected chi connectivity index (χ1v) is 6.59. The zero-order chi connectivity index (χ0) is 14.3. The van der Waals surface area contributed by atoms with Crippen molar-refractivity contribution in [2.75, 3.05) is 5.32 Å². The molecule has 2 saturated heterocycles. The Morgan fingerprint density at radius 1 is 1.45 bits per heavy atom. The minimum absolute atomic E-state index is 0.120. The number of nitro groups is 1. The maximum Gasteiger partial charge on any atom is 0.296 e. The molecule has 3 rings (SSSR count). The summed E-state index contributed by atoms with van der Waals surface area (Å²) in [6.45, 7) is 0. The second-order valence-electron chi connectivity index (χ2n) is 5.31. The molecule has 2 aliphatic heterocycles. The van der Waals surface area contributed by atoms with Gasteiger partial charge in [0.1, 0.15) is 5.75 Å². The van der Waals surface area contributed by atoms with Gasteiger partial charge in [-0.15, -0.1) is 0 Å². The number of aromatic hydroxyl groups is 1. The van der Waals surface area contributed by atoms with Crippen LogP contribution in [0.2, 0.25) is 0 Å². The van der Waals surface area contributed by atoms with Gasteiger partial charge in [-0.05, 0) is 25.3 Å². The van der Waals surface area contributed by atoms with Crippen LogP contribution in [0.4, 0.5) is 11.4 Å². The van der Waals surface area contributed by atoms with Gasteiger partial charge < -0.3 is 15.7 Å². The fourth-order valence-corrected chi connectivity index (χ4v) is 3.14. The van der Waals surface area contributed by atoms with Crippen molar-refractivity contribution in [2.45, 2.75) is 31.3 Å². The summed E-state index contributed by atoms with van der Waals surface area (Å²) >= 11 is 0. The number of para-hydroxylation sites is 1. The zero-order valence-electron chi connectivity index (χ0n) is 10.7. The number of anilines is 1. The summed E-state index contributed by atoms with van der Waals surface area (Å²) in [5, 5.41) is 26.5. The third kappa shape index (κ3) is 2.09. The summed E-state index contributed by atoms with van der Waals surface area (Å²) in [6.07, 6.45) is 2.77. The lowest BCUT2D eigenvalue weighted by molar-refractivity contribution is -0.384. The lowest BCUT2D eigenvalue weighted by atomic mass is 9.88. The lowest BCUT2D eigenvalue weighted by Gasteiger charge is -2.19. The van der Waals surface area contributed by atoms with Gasteiger partial charge in [0.25, 0.3) is 5.69 Å². The second kappa shape index (κ2) is 4.75. The number of hydrogen-bond acceptors (Lipinski definition) is 5. The molecule has 0 aliphatic carbocycles. The molecule has 3 unspecified atom stereocenters. The highest BCUT2D eigenvalue weighted by molar-refractivity contribution is 5.97. The first-order chi connectivity index (χ1) is 9.56. The molecule has 2 bridgehead atoms. The van der Waals surface area contributed by atoms with E-state index in [9.17, 15) is 20.0 Å². The van der Waals surface area contributed by atoms with Crippen molar-refractivity contribution in [1.29, 1.82) is 0 Å². The number of carbonyl (C=O) groups is 1. The summed E-state index contributed by atoms with van der Waals surface area (Å²) in [4.78, 5) is 22.6. The van der Waals surface area contributed by atoms with E-state index in [0.29, 0.717) is 6.04 Å². The molecule has 1 aromatic rings. The number of carbonyl (C=O) groups excluding carboxylic acids is 1. The Morgan fingerprint density at radius 3 is 2.85 bits per heavy atom. The normalized spacial score (nSPS) is 27.5. The topological polar surface area (TPSA) is 104 Å². The van der Waals surface area contributed by atoms with Gasteiger partial charge in [0.15, 0.2) is 5.69 Å². The van der Waals surface area contributed by atoms with Gasteiger partial charge >= 0.3 is 0 Å². The average molecular weight is 277 g/mol. The highest BCUT2D eigenvalue weighted by Crippen LogP contribution is 2.37. The highest BCUT2D eigenvalue weighted by Gasteiger charge is 2.43. The third-order valence-electron chi connectivity index (χ3n) is 4.10. The number of nitrogens with zero attached hydrogens (tertiary/aromatic N) is 1. The van der Waals surface area contributed by atoms with Crippen molar-refractivity contribution in [3.63, 3.8) is 0 Å². The van der Waals surface area contributed by atoms with E-state index in [1.807, 2.05) is 0 Å². The van der Waals surface area contributed by atoms with E-state index in [1.54, 1.807) is 0 Å².